The van der Waals surface area contributed by atoms with Crippen molar-refractivity contribution in [3.05, 3.63) is 0 Å². The van der Waals surface area contributed by atoms with Crippen molar-refractivity contribution in [2.45, 2.75) is 25.8 Å². The highest BCUT2D eigenvalue weighted by Crippen LogP contribution is 1.91. The molecule has 0 aromatic rings. The minimum absolute atomic E-state index is 0.0896. The number of nitrogens with one attached hydrogen (secondary N) is 2. The Hall–Kier alpha value is -1.10. The van der Waals surface area contributed by atoms with E-state index in [0.717, 1.165) is 0 Å². The first-order valence-electron chi connectivity index (χ1n) is 3.85. The van der Waals surface area contributed by atoms with E-state index in [1.165, 1.54) is 6.92 Å². The van der Waals surface area contributed by atoms with Crippen LogP contribution in [-0.2, 0) is 4.79 Å². The van der Waals surface area contributed by atoms with E-state index in [1.807, 2.05) is 0 Å². The monoisotopic (exact) mass is 172 g/mol. The number of rotatable bonds is 5. The number of amides is 1. The maximum Gasteiger partial charge on any atom is 0.216 e. The second-order valence-corrected chi connectivity index (χ2v) is 2.76. The van der Waals surface area contributed by atoms with Gasteiger partial charge in [-0.3, -0.25) is 10.2 Å². The highest BCUT2D eigenvalue weighted by Gasteiger charge is 2.03. The van der Waals surface area contributed by atoms with Crippen LogP contribution in [0.3, 0.4) is 0 Å². The van der Waals surface area contributed by atoms with Crippen molar-refractivity contribution >= 4 is 11.7 Å². The number of nitrogens with two attached hydrogens (primary N) is 2. The molecule has 0 saturated heterocycles. The number of carbonyl (C=O) groups is 1. The zero-order valence-corrected chi connectivity index (χ0v) is 7.26. The van der Waals surface area contributed by atoms with Gasteiger partial charge in [0.1, 0.15) is 0 Å². The summed E-state index contributed by atoms with van der Waals surface area (Å²) in [5.41, 5.74) is 10.7. The molecule has 70 valence electrons. The third-order valence-electron chi connectivity index (χ3n) is 1.40. The quantitative estimate of drug-likeness (QED) is 0.321. The molecule has 5 heteroatoms. The molecule has 1 atom stereocenters. The van der Waals surface area contributed by atoms with Gasteiger partial charge < -0.3 is 16.8 Å². The Kier molecular flexibility index (Phi) is 5.03. The molecule has 0 fully saturated rings. The van der Waals surface area contributed by atoms with Crippen molar-refractivity contribution in [1.82, 2.24) is 5.32 Å². The van der Waals surface area contributed by atoms with Gasteiger partial charge in [0.05, 0.1) is 5.84 Å². The van der Waals surface area contributed by atoms with Crippen LogP contribution in [0.5, 0.6) is 0 Å². The van der Waals surface area contributed by atoms with E-state index in [1.54, 1.807) is 0 Å². The average Bonchev–Trinajstić information content (AvgIpc) is 1.96. The third kappa shape index (κ3) is 7.01. The van der Waals surface area contributed by atoms with E-state index in [4.69, 9.17) is 16.9 Å². The Morgan fingerprint density at radius 1 is 1.67 bits per heavy atom. The maximum absolute atomic E-state index is 10.5. The molecule has 12 heavy (non-hydrogen) atoms. The second kappa shape index (κ2) is 5.54. The summed E-state index contributed by atoms with van der Waals surface area (Å²) in [4.78, 5) is 10.5. The summed E-state index contributed by atoms with van der Waals surface area (Å²) >= 11 is 0. The van der Waals surface area contributed by atoms with Gasteiger partial charge in [0.15, 0.2) is 0 Å². The number of carbonyl (C=O) groups excluding carboxylic acids is 1. The van der Waals surface area contributed by atoms with Crippen LogP contribution >= 0.6 is 0 Å². The fourth-order valence-electron chi connectivity index (χ4n) is 0.718. The lowest BCUT2D eigenvalue weighted by Gasteiger charge is -2.10. The zero-order chi connectivity index (χ0) is 9.56. The zero-order valence-electron chi connectivity index (χ0n) is 7.26. The molecule has 0 saturated carbocycles. The second-order valence-electron chi connectivity index (χ2n) is 2.76. The molecule has 0 aliphatic carbocycles. The first-order chi connectivity index (χ1) is 5.52. The van der Waals surface area contributed by atoms with Crippen LogP contribution in [0.2, 0.25) is 0 Å². The molecule has 1 amide bonds. The molecule has 0 spiro atoms. The van der Waals surface area contributed by atoms with Gasteiger partial charge in [0.25, 0.3) is 0 Å². The van der Waals surface area contributed by atoms with Crippen molar-refractivity contribution in [3.8, 4) is 0 Å². The molecule has 6 N–H and O–H groups in total. The fourth-order valence-corrected chi connectivity index (χ4v) is 0.718. The normalized spacial score (nSPS) is 12.2. The van der Waals surface area contributed by atoms with Gasteiger partial charge in [0.2, 0.25) is 5.91 Å². The largest absolute Gasteiger partial charge is 0.388 e. The highest BCUT2D eigenvalue weighted by atomic mass is 16.1. The number of amidine groups is 1. The SMILES string of the molecule is CC(=O)NCC(N)CCC(=N)N. The van der Waals surface area contributed by atoms with Crippen molar-refractivity contribution < 1.29 is 4.79 Å². The Labute approximate surface area is 72.0 Å². The van der Waals surface area contributed by atoms with Crippen molar-refractivity contribution in [2.24, 2.45) is 11.5 Å². The van der Waals surface area contributed by atoms with Crippen molar-refractivity contribution in [3.63, 3.8) is 0 Å². The number of hydrogen-bond donors (Lipinski definition) is 4. The van der Waals surface area contributed by atoms with E-state index >= 15 is 0 Å². The molecular formula is C7H16N4O. The summed E-state index contributed by atoms with van der Waals surface area (Å²) in [6, 6.07) is -0.113. The van der Waals surface area contributed by atoms with Gasteiger partial charge in [-0.05, 0) is 6.42 Å². The Morgan fingerprint density at radius 3 is 2.67 bits per heavy atom. The summed E-state index contributed by atoms with van der Waals surface area (Å²) < 4.78 is 0. The lowest BCUT2D eigenvalue weighted by Crippen LogP contribution is -2.36. The molecule has 1 unspecified atom stereocenters. The molecule has 0 radical (unpaired) electrons. The van der Waals surface area contributed by atoms with Crippen molar-refractivity contribution in [2.75, 3.05) is 6.54 Å². The average molecular weight is 172 g/mol. The van der Waals surface area contributed by atoms with Crippen LogP contribution in [-0.4, -0.2) is 24.3 Å². The van der Waals surface area contributed by atoms with Crippen LogP contribution < -0.4 is 16.8 Å². The predicted octanol–water partition coefficient (Wildman–Crippen LogP) is -0.834. The molecule has 0 rings (SSSR count). The molecule has 5 nitrogen and oxygen atoms in total. The summed E-state index contributed by atoms with van der Waals surface area (Å²) in [6.07, 6.45) is 1.12. The minimum Gasteiger partial charge on any atom is -0.388 e. The first kappa shape index (κ1) is 10.9. The summed E-state index contributed by atoms with van der Waals surface area (Å²) in [7, 11) is 0. The van der Waals surface area contributed by atoms with Crippen LogP contribution in [0.25, 0.3) is 0 Å². The van der Waals surface area contributed by atoms with Crippen LogP contribution in [0.15, 0.2) is 0 Å². The van der Waals surface area contributed by atoms with Gasteiger partial charge in [0, 0.05) is 25.9 Å². The first-order valence-corrected chi connectivity index (χ1v) is 3.85. The van der Waals surface area contributed by atoms with Crippen LogP contribution in [0, 0.1) is 5.41 Å². The standard InChI is InChI=1S/C7H16N4O/c1-5(12)11-4-6(8)2-3-7(9)10/h6H,2-4,8H2,1H3,(H3,9,10)(H,11,12). The molecule has 0 aliphatic rings. The molecule has 0 heterocycles. The molecular weight excluding hydrogens is 156 g/mol. The Morgan fingerprint density at radius 2 is 2.25 bits per heavy atom. The molecule has 0 bridgehead atoms. The topological polar surface area (TPSA) is 105 Å². The predicted molar refractivity (Wildman–Crippen MR) is 47.8 cm³/mol. The number of hydrogen-bond acceptors (Lipinski definition) is 3. The van der Waals surface area contributed by atoms with Crippen molar-refractivity contribution in [1.29, 1.82) is 5.41 Å². The summed E-state index contributed by atoms with van der Waals surface area (Å²) in [6.45, 7) is 1.89. The lowest BCUT2D eigenvalue weighted by atomic mass is 10.1. The van der Waals surface area contributed by atoms with Gasteiger partial charge in [-0.2, -0.15) is 0 Å². The minimum atomic E-state index is -0.113. The fraction of sp³-hybridized carbons (Fsp3) is 0.714. The molecule has 0 aromatic carbocycles. The Balaban J connectivity index is 3.39. The molecule has 0 aromatic heterocycles. The maximum atomic E-state index is 10.5. The summed E-state index contributed by atoms with van der Waals surface area (Å²) in [5, 5.41) is 9.53. The van der Waals surface area contributed by atoms with Crippen LogP contribution in [0.4, 0.5) is 0 Å². The van der Waals surface area contributed by atoms with E-state index in [2.05, 4.69) is 5.32 Å². The third-order valence-corrected chi connectivity index (χ3v) is 1.40. The van der Waals surface area contributed by atoms with E-state index in [0.29, 0.717) is 19.4 Å². The Bertz CT molecular complexity index is 151. The van der Waals surface area contributed by atoms with Gasteiger partial charge >= 0.3 is 0 Å². The van der Waals surface area contributed by atoms with Crippen LogP contribution in [0.1, 0.15) is 19.8 Å². The van der Waals surface area contributed by atoms with E-state index in [9.17, 15) is 4.79 Å². The van der Waals surface area contributed by atoms with Gasteiger partial charge in [-0.1, -0.05) is 0 Å². The van der Waals surface area contributed by atoms with E-state index in [-0.39, 0.29) is 17.8 Å². The van der Waals surface area contributed by atoms with Gasteiger partial charge in [-0.25, -0.2) is 0 Å². The van der Waals surface area contributed by atoms with E-state index < -0.39 is 0 Å². The molecule has 0 aliphatic heterocycles. The smallest absolute Gasteiger partial charge is 0.216 e. The summed E-state index contributed by atoms with van der Waals surface area (Å²) in [5.74, 6) is 0.0431. The lowest BCUT2D eigenvalue weighted by molar-refractivity contribution is -0.119. The van der Waals surface area contributed by atoms with Gasteiger partial charge in [-0.15, -0.1) is 0 Å². The highest BCUT2D eigenvalue weighted by molar-refractivity contribution is 5.76.